The summed E-state index contributed by atoms with van der Waals surface area (Å²) in [5, 5.41) is 0. The minimum absolute atomic E-state index is 0.0697. The van der Waals surface area contributed by atoms with Gasteiger partial charge in [-0.2, -0.15) is 0 Å². The van der Waals surface area contributed by atoms with E-state index < -0.39 is 9.84 Å². The van der Waals surface area contributed by atoms with Crippen molar-refractivity contribution in [3.05, 3.63) is 24.3 Å². The van der Waals surface area contributed by atoms with Gasteiger partial charge in [0.2, 0.25) is 5.91 Å². The average molecular weight is 326 g/mol. The average Bonchev–Trinajstić information content (AvgIpc) is 2.53. The van der Waals surface area contributed by atoms with Crippen LogP contribution in [0.15, 0.2) is 29.2 Å². The Morgan fingerprint density at radius 1 is 1.23 bits per heavy atom. The zero-order chi connectivity index (χ0) is 16.2. The van der Waals surface area contributed by atoms with Gasteiger partial charge in [-0.05, 0) is 18.2 Å². The van der Waals surface area contributed by atoms with Crippen LogP contribution in [0.5, 0.6) is 5.75 Å². The van der Waals surface area contributed by atoms with Gasteiger partial charge >= 0.3 is 0 Å². The minimum Gasteiger partial charge on any atom is -0.497 e. The molecule has 0 atom stereocenters. The van der Waals surface area contributed by atoms with Crippen LogP contribution in [0.3, 0.4) is 0 Å². The molecular formula is C15H22N2O4S. The summed E-state index contributed by atoms with van der Waals surface area (Å²) in [4.78, 5) is 15.4. The van der Waals surface area contributed by atoms with E-state index in [1.54, 1.807) is 36.1 Å². The topological polar surface area (TPSA) is 66.9 Å². The molecule has 0 aromatic heterocycles. The number of hydrogen-bond donors (Lipinski definition) is 0. The van der Waals surface area contributed by atoms with Crippen LogP contribution >= 0.6 is 0 Å². The highest BCUT2D eigenvalue weighted by atomic mass is 32.2. The Labute approximate surface area is 131 Å². The quantitative estimate of drug-likeness (QED) is 0.794. The molecule has 2 rings (SSSR count). The van der Waals surface area contributed by atoms with E-state index >= 15 is 0 Å². The van der Waals surface area contributed by atoms with Crippen LogP contribution in [-0.2, 0) is 14.6 Å². The van der Waals surface area contributed by atoms with E-state index in [9.17, 15) is 13.2 Å². The molecular weight excluding hydrogens is 304 g/mol. The van der Waals surface area contributed by atoms with Crippen molar-refractivity contribution in [2.75, 3.05) is 45.6 Å². The third-order valence-corrected chi connectivity index (χ3v) is 5.59. The highest BCUT2D eigenvalue weighted by Crippen LogP contribution is 2.18. The van der Waals surface area contributed by atoms with Crippen molar-refractivity contribution in [1.82, 2.24) is 9.80 Å². The van der Waals surface area contributed by atoms with Gasteiger partial charge in [0.15, 0.2) is 9.84 Å². The number of piperazine rings is 1. The molecule has 0 saturated carbocycles. The van der Waals surface area contributed by atoms with Gasteiger partial charge in [-0.3, -0.25) is 9.69 Å². The number of benzene rings is 1. The number of rotatable bonds is 5. The second-order valence-electron chi connectivity index (χ2n) is 5.35. The van der Waals surface area contributed by atoms with Crippen molar-refractivity contribution < 1.29 is 17.9 Å². The van der Waals surface area contributed by atoms with Gasteiger partial charge in [0.1, 0.15) is 5.75 Å². The summed E-state index contributed by atoms with van der Waals surface area (Å²) in [6.07, 6.45) is 0. The van der Waals surface area contributed by atoms with Gasteiger partial charge in [0.25, 0.3) is 0 Å². The molecule has 0 bridgehead atoms. The lowest BCUT2D eigenvalue weighted by molar-refractivity contribution is -0.130. The fraction of sp³-hybridized carbons (Fsp3) is 0.533. The van der Waals surface area contributed by atoms with E-state index in [4.69, 9.17) is 4.74 Å². The number of amides is 1. The Morgan fingerprint density at radius 3 is 2.50 bits per heavy atom. The zero-order valence-corrected chi connectivity index (χ0v) is 13.8. The molecule has 0 radical (unpaired) electrons. The molecule has 7 heteroatoms. The van der Waals surface area contributed by atoms with E-state index in [0.717, 1.165) is 0 Å². The summed E-state index contributed by atoms with van der Waals surface area (Å²) in [7, 11) is -1.81. The Morgan fingerprint density at radius 2 is 1.91 bits per heavy atom. The molecule has 0 N–H and O–H groups in total. The predicted octanol–water partition coefficient (Wildman–Crippen LogP) is 0.633. The molecule has 122 valence electrons. The first-order valence-electron chi connectivity index (χ1n) is 7.27. The van der Waals surface area contributed by atoms with Crippen molar-refractivity contribution in [3.8, 4) is 5.75 Å². The van der Waals surface area contributed by atoms with Crippen molar-refractivity contribution in [2.24, 2.45) is 0 Å². The van der Waals surface area contributed by atoms with Crippen LogP contribution in [0.2, 0.25) is 0 Å². The summed E-state index contributed by atoms with van der Waals surface area (Å²) >= 11 is 0. The van der Waals surface area contributed by atoms with Crippen molar-refractivity contribution >= 4 is 15.7 Å². The maximum Gasteiger partial charge on any atom is 0.219 e. The first kappa shape index (κ1) is 16.8. The number of sulfone groups is 1. The lowest BCUT2D eigenvalue weighted by Crippen LogP contribution is -2.49. The predicted molar refractivity (Wildman–Crippen MR) is 83.7 cm³/mol. The second kappa shape index (κ2) is 7.11. The van der Waals surface area contributed by atoms with Gasteiger partial charge in [-0.1, -0.05) is 6.07 Å². The van der Waals surface area contributed by atoms with Gasteiger partial charge < -0.3 is 9.64 Å². The van der Waals surface area contributed by atoms with Crippen LogP contribution < -0.4 is 4.74 Å². The third kappa shape index (κ3) is 4.20. The monoisotopic (exact) mass is 326 g/mol. The van der Waals surface area contributed by atoms with E-state index in [0.29, 0.717) is 38.5 Å². The fourth-order valence-corrected chi connectivity index (χ4v) is 3.76. The fourth-order valence-electron chi connectivity index (χ4n) is 2.45. The normalized spacial score (nSPS) is 16.5. The molecule has 1 saturated heterocycles. The molecule has 1 aliphatic heterocycles. The number of hydrogen-bond acceptors (Lipinski definition) is 5. The van der Waals surface area contributed by atoms with Gasteiger partial charge in [-0.15, -0.1) is 0 Å². The Hall–Kier alpha value is -1.60. The summed E-state index contributed by atoms with van der Waals surface area (Å²) in [5.74, 6) is 0.681. The Balaban J connectivity index is 1.92. The number of carbonyl (C=O) groups excluding carboxylic acids is 1. The highest BCUT2D eigenvalue weighted by Gasteiger charge is 2.21. The van der Waals surface area contributed by atoms with Crippen molar-refractivity contribution in [2.45, 2.75) is 11.8 Å². The summed E-state index contributed by atoms with van der Waals surface area (Å²) in [6, 6.07) is 6.53. The van der Waals surface area contributed by atoms with E-state index in [2.05, 4.69) is 4.90 Å². The van der Waals surface area contributed by atoms with Gasteiger partial charge in [-0.25, -0.2) is 8.42 Å². The summed E-state index contributed by atoms with van der Waals surface area (Å²) in [6.45, 7) is 4.79. The molecule has 0 aliphatic carbocycles. The maximum atomic E-state index is 12.4. The number of nitrogens with zero attached hydrogens (tertiary/aromatic N) is 2. The molecule has 1 aromatic rings. The summed E-state index contributed by atoms with van der Waals surface area (Å²) < 4.78 is 29.8. The van der Waals surface area contributed by atoms with Crippen LogP contribution in [0.25, 0.3) is 0 Å². The molecule has 1 heterocycles. The lowest BCUT2D eigenvalue weighted by Gasteiger charge is -2.34. The van der Waals surface area contributed by atoms with Crippen molar-refractivity contribution in [1.29, 1.82) is 0 Å². The van der Waals surface area contributed by atoms with E-state index in [1.165, 1.54) is 7.11 Å². The molecule has 0 spiro atoms. The number of carbonyl (C=O) groups is 1. The third-order valence-electron chi connectivity index (χ3n) is 3.89. The van der Waals surface area contributed by atoms with Crippen LogP contribution in [-0.4, -0.2) is 69.7 Å². The molecule has 1 aromatic carbocycles. The van der Waals surface area contributed by atoms with E-state index in [1.807, 2.05) is 0 Å². The minimum atomic E-state index is -3.32. The Bertz CT molecular complexity index is 622. The SMILES string of the molecule is COc1cccc(S(=O)(=O)CCN2CCN(C(C)=O)CC2)c1. The first-order valence-corrected chi connectivity index (χ1v) is 8.92. The van der Waals surface area contributed by atoms with Crippen LogP contribution in [0.1, 0.15) is 6.92 Å². The van der Waals surface area contributed by atoms with Gasteiger partial charge in [0.05, 0.1) is 17.8 Å². The highest BCUT2D eigenvalue weighted by molar-refractivity contribution is 7.91. The molecule has 6 nitrogen and oxygen atoms in total. The van der Waals surface area contributed by atoms with Gasteiger partial charge in [0, 0.05) is 39.6 Å². The molecule has 0 unspecified atom stereocenters. The number of ether oxygens (including phenoxy) is 1. The standard InChI is InChI=1S/C15H22N2O4S/c1-13(18)17-8-6-16(7-9-17)10-11-22(19,20)15-5-3-4-14(12-15)21-2/h3-5,12H,6-11H2,1-2H3. The Kier molecular flexibility index (Phi) is 5.42. The van der Waals surface area contributed by atoms with Crippen molar-refractivity contribution in [3.63, 3.8) is 0 Å². The van der Waals surface area contributed by atoms with E-state index in [-0.39, 0.29) is 16.6 Å². The molecule has 1 aliphatic rings. The van der Waals surface area contributed by atoms with Crippen LogP contribution in [0, 0.1) is 0 Å². The molecule has 1 amide bonds. The maximum absolute atomic E-state index is 12.4. The lowest BCUT2D eigenvalue weighted by atomic mass is 10.3. The number of methoxy groups -OCH3 is 1. The molecule has 1 fully saturated rings. The molecule has 22 heavy (non-hydrogen) atoms. The summed E-state index contributed by atoms with van der Waals surface area (Å²) in [5.41, 5.74) is 0. The van der Waals surface area contributed by atoms with Crippen LogP contribution in [0.4, 0.5) is 0 Å². The largest absolute Gasteiger partial charge is 0.497 e. The second-order valence-corrected chi connectivity index (χ2v) is 7.45. The zero-order valence-electron chi connectivity index (χ0n) is 13.0. The smallest absolute Gasteiger partial charge is 0.219 e. The first-order chi connectivity index (χ1) is 10.4.